The van der Waals surface area contributed by atoms with E-state index in [2.05, 4.69) is 0 Å². The number of nitrogens with zero attached hydrogens (tertiary/aromatic N) is 1. The standard InChI is InChI=1S/C11H13F2NO5/c1-18-3-2-14(5-9(12)13)10(15)8-4-7(6-19-8)11(16)17/h4,6,9H,2-3,5H2,1H3,(H,16,17). The largest absolute Gasteiger partial charge is 0.478 e. The number of halogens is 2. The van der Waals surface area contributed by atoms with Crippen LogP contribution in [0.4, 0.5) is 8.78 Å². The van der Waals surface area contributed by atoms with Gasteiger partial charge in [-0.2, -0.15) is 0 Å². The average Bonchev–Trinajstić information content (AvgIpc) is 2.82. The van der Waals surface area contributed by atoms with Gasteiger partial charge in [0, 0.05) is 19.7 Å². The second-order valence-electron chi connectivity index (χ2n) is 3.64. The highest BCUT2D eigenvalue weighted by Crippen LogP contribution is 2.12. The van der Waals surface area contributed by atoms with Crippen molar-refractivity contribution in [1.82, 2.24) is 4.90 Å². The molecule has 1 heterocycles. The predicted octanol–water partition coefficient (Wildman–Crippen LogP) is 1.33. The van der Waals surface area contributed by atoms with E-state index in [9.17, 15) is 18.4 Å². The fourth-order valence-electron chi connectivity index (χ4n) is 1.36. The Labute approximate surface area is 107 Å². The third-order valence-corrected chi connectivity index (χ3v) is 2.27. The minimum atomic E-state index is -2.70. The van der Waals surface area contributed by atoms with Gasteiger partial charge in [-0.1, -0.05) is 0 Å². The number of aromatic carboxylic acids is 1. The van der Waals surface area contributed by atoms with Crippen LogP contribution in [0.1, 0.15) is 20.9 Å². The molecule has 0 fully saturated rings. The maximum atomic E-state index is 12.4. The van der Waals surface area contributed by atoms with Crippen LogP contribution in [0.2, 0.25) is 0 Å². The zero-order valence-electron chi connectivity index (χ0n) is 10.1. The summed E-state index contributed by atoms with van der Waals surface area (Å²) in [6, 6.07) is 0.996. The first-order valence-corrected chi connectivity index (χ1v) is 5.34. The molecular formula is C11H13F2NO5. The topological polar surface area (TPSA) is 80.0 Å². The molecule has 0 saturated carbocycles. The third-order valence-electron chi connectivity index (χ3n) is 2.27. The summed E-state index contributed by atoms with van der Waals surface area (Å²) < 4.78 is 34.2. The molecule has 1 aromatic rings. The maximum absolute atomic E-state index is 12.4. The molecule has 6 nitrogen and oxygen atoms in total. The molecule has 1 amide bonds. The molecule has 0 spiro atoms. The lowest BCUT2D eigenvalue weighted by molar-refractivity contribution is 0.0453. The highest BCUT2D eigenvalue weighted by atomic mass is 19.3. The number of furan rings is 1. The van der Waals surface area contributed by atoms with Crippen LogP contribution >= 0.6 is 0 Å². The van der Waals surface area contributed by atoms with Gasteiger partial charge in [-0.05, 0) is 0 Å². The lowest BCUT2D eigenvalue weighted by Gasteiger charge is -2.20. The van der Waals surface area contributed by atoms with Gasteiger partial charge in [0.25, 0.3) is 12.3 Å². The van der Waals surface area contributed by atoms with E-state index >= 15 is 0 Å². The first kappa shape index (κ1) is 15.1. The van der Waals surface area contributed by atoms with E-state index in [1.165, 1.54) is 7.11 Å². The smallest absolute Gasteiger partial charge is 0.338 e. The Morgan fingerprint density at radius 2 is 2.21 bits per heavy atom. The van der Waals surface area contributed by atoms with E-state index in [0.29, 0.717) is 0 Å². The van der Waals surface area contributed by atoms with Crippen molar-refractivity contribution in [1.29, 1.82) is 0 Å². The lowest BCUT2D eigenvalue weighted by atomic mass is 10.3. The van der Waals surface area contributed by atoms with Crippen LogP contribution in [0.15, 0.2) is 16.7 Å². The molecule has 0 atom stereocenters. The van der Waals surface area contributed by atoms with Gasteiger partial charge in [0.1, 0.15) is 6.26 Å². The van der Waals surface area contributed by atoms with Crippen molar-refractivity contribution in [3.8, 4) is 0 Å². The molecule has 0 radical (unpaired) electrons. The van der Waals surface area contributed by atoms with Crippen molar-refractivity contribution in [3.63, 3.8) is 0 Å². The van der Waals surface area contributed by atoms with Crippen LogP contribution in [0.25, 0.3) is 0 Å². The van der Waals surface area contributed by atoms with Crippen LogP contribution in [0.5, 0.6) is 0 Å². The summed E-state index contributed by atoms with van der Waals surface area (Å²) in [5.41, 5.74) is -0.216. The number of carboxylic acids is 1. The maximum Gasteiger partial charge on any atom is 0.338 e. The number of ether oxygens (including phenoxy) is 1. The van der Waals surface area contributed by atoms with Crippen molar-refractivity contribution < 1.29 is 32.6 Å². The van der Waals surface area contributed by atoms with Gasteiger partial charge in [0.15, 0.2) is 5.76 Å². The number of hydrogen-bond acceptors (Lipinski definition) is 4. The molecule has 0 saturated heterocycles. The number of amides is 1. The molecule has 0 aromatic carbocycles. The van der Waals surface area contributed by atoms with Crippen LogP contribution in [0.3, 0.4) is 0 Å². The summed E-state index contributed by atoms with van der Waals surface area (Å²) in [7, 11) is 1.38. The zero-order valence-corrected chi connectivity index (χ0v) is 10.1. The molecule has 0 bridgehead atoms. The van der Waals surface area contributed by atoms with Gasteiger partial charge in [0.2, 0.25) is 0 Å². The van der Waals surface area contributed by atoms with Crippen molar-refractivity contribution in [2.45, 2.75) is 6.43 Å². The normalized spacial score (nSPS) is 10.7. The minimum Gasteiger partial charge on any atom is -0.478 e. The zero-order chi connectivity index (χ0) is 14.4. The van der Waals surface area contributed by atoms with E-state index < -0.39 is 24.8 Å². The second-order valence-corrected chi connectivity index (χ2v) is 3.64. The highest BCUT2D eigenvalue weighted by Gasteiger charge is 2.23. The van der Waals surface area contributed by atoms with Crippen LogP contribution < -0.4 is 0 Å². The lowest BCUT2D eigenvalue weighted by Crippen LogP contribution is -2.37. The number of carbonyl (C=O) groups excluding carboxylic acids is 1. The minimum absolute atomic E-state index is 0.0389. The van der Waals surface area contributed by atoms with Gasteiger partial charge >= 0.3 is 5.97 Å². The van der Waals surface area contributed by atoms with Gasteiger partial charge < -0.3 is 19.2 Å². The van der Waals surface area contributed by atoms with Crippen LogP contribution in [0, 0.1) is 0 Å². The fourth-order valence-corrected chi connectivity index (χ4v) is 1.36. The fraction of sp³-hybridized carbons (Fsp3) is 0.455. The summed E-state index contributed by atoms with van der Waals surface area (Å²) in [4.78, 5) is 23.3. The molecule has 0 aliphatic heterocycles. The van der Waals surface area contributed by atoms with E-state index in [0.717, 1.165) is 17.2 Å². The molecule has 1 aromatic heterocycles. The number of alkyl halides is 2. The van der Waals surface area contributed by atoms with E-state index in [4.69, 9.17) is 14.3 Å². The Morgan fingerprint density at radius 3 is 2.68 bits per heavy atom. The summed E-state index contributed by atoms with van der Waals surface area (Å²) in [6.07, 6.45) is -1.82. The Morgan fingerprint density at radius 1 is 1.53 bits per heavy atom. The molecular weight excluding hydrogens is 264 g/mol. The molecule has 0 unspecified atom stereocenters. The third kappa shape index (κ3) is 4.32. The SMILES string of the molecule is COCCN(CC(F)F)C(=O)c1cc(C(=O)O)co1. The summed E-state index contributed by atoms with van der Waals surface area (Å²) in [6.45, 7) is -0.723. The second kappa shape index (κ2) is 6.83. The number of carboxylic acid groups (broad SMARTS) is 1. The molecule has 1 N–H and O–H groups in total. The number of hydrogen-bond donors (Lipinski definition) is 1. The van der Waals surface area contributed by atoms with E-state index in [1.54, 1.807) is 0 Å². The van der Waals surface area contributed by atoms with Crippen molar-refractivity contribution in [3.05, 3.63) is 23.7 Å². The number of rotatable bonds is 7. The average molecular weight is 277 g/mol. The summed E-state index contributed by atoms with van der Waals surface area (Å²) in [5, 5.41) is 8.68. The van der Waals surface area contributed by atoms with Crippen molar-refractivity contribution in [2.24, 2.45) is 0 Å². The Kier molecular flexibility index (Phi) is 5.43. The first-order valence-electron chi connectivity index (χ1n) is 5.34. The summed E-state index contributed by atoms with van der Waals surface area (Å²) in [5.74, 6) is -2.36. The quantitative estimate of drug-likeness (QED) is 0.813. The highest BCUT2D eigenvalue weighted by molar-refractivity contribution is 5.95. The number of methoxy groups -OCH3 is 1. The van der Waals surface area contributed by atoms with Gasteiger partial charge in [-0.3, -0.25) is 4.79 Å². The molecule has 106 valence electrons. The number of carbonyl (C=O) groups is 2. The molecule has 0 aliphatic rings. The van der Waals surface area contributed by atoms with Crippen molar-refractivity contribution in [2.75, 3.05) is 26.8 Å². The first-order chi connectivity index (χ1) is 8.95. The van der Waals surface area contributed by atoms with Gasteiger partial charge in [-0.25, -0.2) is 13.6 Å². The van der Waals surface area contributed by atoms with Crippen LogP contribution in [-0.4, -0.2) is 55.1 Å². The van der Waals surface area contributed by atoms with Gasteiger partial charge in [0.05, 0.1) is 18.7 Å². The monoisotopic (exact) mass is 277 g/mol. The molecule has 19 heavy (non-hydrogen) atoms. The van der Waals surface area contributed by atoms with E-state index in [1.807, 2.05) is 0 Å². The predicted molar refractivity (Wildman–Crippen MR) is 59.5 cm³/mol. The van der Waals surface area contributed by atoms with Crippen molar-refractivity contribution >= 4 is 11.9 Å². The summed E-state index contributed by atoms with van der Waals surface area (Å²) >= 11 is 0. The molecule has 0 aliphatic carbocycles. The van der Waals surface area contributed by atoms with Gasteiger partial charge in [-0.15, -0.1) is 0 Å². The molecule has 8 heteroatoms. The van der Waals surface area contributed by atoms with E-state index in [-0.39, 0.29) is 24.5 Å². The van der Waals surface area contributed by atoms with Crippen LogP contribution in [-0.2, 0) is 4.74 Å². The Hall–Kier alpha value is -1.96. The Bertz CT molecular complexity index is 446. The molecule has 1 rings (SSSR count). The Balaban J connectivity index is 2.81.